The van der Waals surface area contributed by atoms with E-state index in [0.29, 0.717) is 0 Å². The zero-order chi connectivity index (χ0) is 18.2. The molecule has 2 aliphatic rings. The second-order valence-electron chi connectivity index (χ2n) is 7.26. The van der Waals surface area contributed by atoms with Gasteiger partial charge in [0.1, 0.15) is 0 Å². The van der Waals surface area contributed by atoms with Crippen LogP contribution < -0.4 is 10.6 Å². The van der Waals surface area contributed by atoms with Crippen LogP contribution >= 0.6 is 35.3 Å². The van der Waals surface area contributed by atoms with Gasteiger partial charge in [0, 0.05) is 43.6 Å². The summed E-state index contributed by atoms with van der Waals surface area (Å²) in [4.78, 5) is 12.2. The number of ether oxygens (including phenoxy) is 1. The van der Waals surface area contributed by atoms with Gasteiger partial charge in [-0.3, -0.25) is 9.89 Å². The first-order valence-corrected chi connectivity index (χ1v) is 10.9. The predicted molar refractivity (Wildman–Crippen MR) is 124 cm³/mol. The zero-order valence-corrected chi connectivity index (χ0v) is 19.8. The van der Waals surface area contributed by atoms with E-state index in [4.69, 9.17) is 9.73 Å². The molecule has 0 bridgehead atoms. The fraction of sp³-hybridized carbons (Fsp3) is 0.789. The number of nitrogens with one attached hydrogen (secondary N) is 2. The zero-order valence-electron chi connectivity index (χ0n) is 16.6. The fourth-order valence-corrected chi connectivity index (χ4v) is 4.56. The molecule has 2 N–H and O–H groups in total. The van der Waals surface area contributed by atoms with Crippen LogP contribution in [0.2, 0.25) is 0 Å². The van der Waals surface area contributed by atoms with E-state index in [-0.39, 0.29) is 29.5 Å². The van der Waals surface area contributed by atoms with Crippen molar-refractivity contribution >= 4 is 41.3 Å². The van der Waals surface area contributed by atoms with Gasteiger partial charge in [-0.15, -0.1) is 35.3 Å². The Bertz CT molecular complexity index is 582. The summed E-state index contributed by atoms with van der Waals surface area (Å²) in [5.74, 6) is 0.921. The normalized spacial score (nSPS) is 20.3. The molecule has 1 aromatic rings. The highest BCUT2D eigenvalue weighted by Crippen LogP contribution is 2.31. The van der Waals surface area contributed by atoms with Crippen molar-refractivity contribution in [1.29, 1.82) is 0 Å². The van der Waals surface area contributed by atoms with Crippen molar-refractivity contribution < 1.29 is 4.74 Å². The van der Waals surface area contributed by atoms with Crippen LogP contribution in [0.3, 0.4) is 0 Å². The summed E-state index contributed by atoms with van der Waals surface area (Å²) in [5, 5.41) is 10.1. The number of hydrogen-bond donors (Lipinski definition) is 2. The lowest BCUT2D eigenvalue weighted by Crippen LogP contribution is -2.54. The van der Waals surface area contributed by atoms with Gasteiger partial charge < -0.3 is 15.4 Å². The molecule has 0 aliphatic carbocycles. The maximum atomic E-state index is 5.64. The molecule has 2 aliphatic heterocycles. The first kappa shape index (κ1) is 22.8. The van der Waals surface area contributed by atoms with Gasteiger partial charge in [-0.1, -0.05) is 0 Å². The summed E-state index contributed by atoms with van der Waals surface area (Å²) >= 11 is 1.71. The molecule has 8 heteroatoms. The number of rotatable bonds is 7. The van der Waals surface area contributed by atoms with Crippen LogP contribution in [0, 0.1) is 6.92 Å². The average Bonchev–Trinajstić information content (AvgIpc) is 3.33. The van der Waals surface area contributed by atoms with Crippen LogP contribution in [0.25, 0.3) is 0 Å². The molecule has 2 fully saturated rings. The Morgan fingerprint density at radius 3 is 2.67 bits per heavy atom. The Kier molecular flexibility index (Phi) is 9.75. The van der Waals surface area contributed by atoms with Crippen LogP contribution in [-0.4, -0.2) is 67.3 Å². The molecular weight excluding hydrogens is 473 g/mol. The van der Waals surface area contributed by atoms with E-state index in [1.807, 2.05) is 0 Å². The van der Waals surface area contributed by atoms with Gasteiger partial charge in [-0.05, 0) is 52.6 Å². The van der Waals surface area contributed by atoms with Gasteiger partial charge in [-0.25, -0.2) is 4.98 Å². The van der Waals surface area contributed by atoms with Gasteiger partial charge in [0.2, 0.25) is 0 Å². The number of nitrogens with zero attached hydrogens (tertiary/aromatic N) is 3. The molecule has 0 atom stereocenters. The third kappa shape index (κ3) is 6.54. The molecule has 0 unspecified atom stereocenters. The molecule has 0 radical (unpaired) electrons. The minimum absolute atomic E-state index is 0. The number of aliphatic imine (C=N–C) groups is 1. The van der Waals surface area contributed by atoms with Crippen molar-refractivity contribution in [2.45, 2.75) is 51.5 Å². The van der Waals surface area contributed by atoms with Gasteiger partial charge in [0.05, 0.1) is 17.2 Å². The van der Waals surface area contributed by atoms with Crippen LogP contribution in [0.1, 0.15) is 43.3 Å². The summed E-state index contributed by atoms with van der Waals surface area (Å²) in [7, 11) is 0. The Morgan fingerprint density at radius 2 is 2.04 bits per heavy atom. The molecule has 0 aromatic carbocycles. The quantitative estimate of drug-likeness (QED) is 0.338. The summed E-state index contributed by atoms with van der Waals surface area (Å²) in [6, 6.07) is 0. The van der Waals surface area contributed by atoms with Crippen LogP contribution in [0.15, 0.2) is 10.4 Å². The van der Waals surface area contributed by atoms with Gasteiger partial charge >= 0.3 is 0 Å². The Balaban J connectivity index is 0.00000261. The Morgan fingerprint density at radius 1 is 1.30 bits per heavy atom. The van der Waals surface area contributed by atoms with Gasteiger partial charge in [0.25, 0.3) is 0 Å². The van der Waals surface area contributed by atoms with Crippen molar-refractivity contribution in [3.8, 4) is 0 Å². The number of aryl methyl sites for hydroxylation is 1. The van der Waals surface area contributed by atoms with Crippen molar-refractivity contribution in [3.63, 3.8) is 0 Å². The number of likely N-dealkylation sites (tertiary alicyclic amines) is 1. The number of halogens is 1. The minimum atomic E-state index is 0. The lowest BCUT2D eigenvalue weighted by molar-refractivity contribution is -0.0139. The molecule has 3 heterocycles. The van der Waals surface area contributed by atoms with Crippen LogP contribution in [0.4, 0.5) is 0 Å². The molecule has 3 rings (SSSR count). The molecule has 0 spiro atoms. The molecule has 154 valence electrons. The number of guanidine groups is 1. The van der Waals surface area contributed by atoms with E-state index in [2.05, 4.69) is 39.7 Å². The second kappa shape index (κ2) is 11.5. The maximum Gasteiger partial charge on any atom is 0.191 e. The molecule has 2 saturated heterocycles. The van der Waals surface area contributed by atoms with Crippen molar-refractivity contribution in [3.05, 3.63) is 16.1 Å². The van der Waals surface area contributed by atoms with Crippen molar-refractivity contribution in [2.75, 3.05) is 45.9 Å². The second-order valence-corrected chi connectivity index (χ2v) is 8.32. The van der Waals surface area contributed by atoms with Gasteiger partial charge in [-0.2, -0.15) is 0 Å². The molecule has 27 heavy (non-hydrogen) atoms. The van der Waals surface area contributed by atoms with Crippen LogP contribution in [0.5, 0.6) is 0 Å². The van der Waals surface area contributed by atoms with E-state index in [9.17, 15) is 0 Å². The van der Waals surface area contributed by atoms with E-state index in [1.54, 1.807) is 11.3 Å². The molecule has 1 aromatic heterocycles. The average molecular weight is 507 g/mol. The monoisotopic (exact) mass is 507 g/mol. The fourth-order valence-electron chi connectivity index (χ4n) is 3.92. The third-order valence-electron chi connectivity index (χ3n) is 5.42. The SMILES string of the molecule is CCNC(=NCC1(N2CCCC2)CCOCC1)NCCc1csc(C)n1.I. The highest BCUT2D eigenvalue weighted by Gasteiger charge is 2.39. The van der Waals surface area contributed by atoms with Crippen molar-refractivity contribution in [1.82, 2.24) is 20.5 Å². The van der Waals surface area contributed by atoms with E-state index in [0.717, 1.165) is 68.8 Å². The molecular formula is C19H34IN5OS. The maximum absolute atomic E-state index is 5.64. The summed E-state index contributed by atoms with van der Waals surface area (Å²) in [5.41, 5.74) is 1.34. The minimum Gasteiger partial charge on any atom is -0.381 e. The van der Waals surface area contributed by atoms with Crippen LogP contribution in [-0.2, 0) is 11.2 Å². The standard InChI is InChI=1S/C19H33N5OS.HI/c1-3-20-18(21-9-6-17-14-26-16(2)23-17)22-15-19(7-12-25-13-8-19)24-10-4-5-11-24;/h14H,3-13,15H2,1-2H3,(H2,20,21,22);1H. The molecule has 0 amide bonds. The molecule has 6 nitrogen and oxygen atoms in total. The largest absolute Gasteiger partial charge is 0.381 e. The highest BCUT2D eigenvalue weighted by molar-refractivity contribution is 14.0. The van der Waals surface area contributed by atoms with Gasteiger partial charge in [0.15, 0.2) is 5.96 Å². The predicted octanol–water partition coefficient (Wildman–Crippen LogP) is 2.81. The van der Waals surface area contributed by atoms with Crippen molar-refractivity contribution in [2.24, 2.45) is 4.99 Å². The first-order chi connectivity index (χ1) is 12.7. The summed E-state index contributed by atoms with van der Waals surface area (Å²) < 4.78 is 5.64. The smallest absolute Gasteiger partial charge is 0.191 e. The number of thiazole rings is 1. The first-order valence-electron chi connectivity index (χ1n) is 9.98. The van der Waals surface area contributed by atoms with E-state index in [1.165, 1.54) is 25.9 Å². The van der Waals surface area contributed by atoms with E-state index < -0.39 is 0 Å². The highest BCUT2D eigenvalue weighted by atomic mass is 127. The lowest BCUT2D eigenvalue weighted by atomic mass is 9.88. The van der Waals surface area contributed by atoms with E-state index >= 15 is 0 Å². The Labute approximate surface area is 184 Å². The summed E-state index contributed by atoms with van der Waals surface area (Å²) in [6.07, 6.45) is 5.75. The third-order valence-corrected chi connectivity index (χ3v) is 6.24. The topological polar surface area (TPSA) is 61.8 Å². The number of hydrogen-bond acceptors (Lipinski definition) is 5. The Hall–Kier alpha value is -0.450. The molecule has 0 saturated carbocycles. The summed E-state index contributed by atoms with van der Waals surface area (Å²) in [6.45, 7) is 10.9. The number of aromatic nitrogens is 1. The lowest BCUT2D eigenvalue weighted by Gasteiger charge is -2.43.